The average Bonchev–Trinajstić information content (AvgIpc) is 2.98. The van der Waals surface area contributed by atoms with Gasteiger partial charge >= 0.3 is 0 Å². The summed E-state index contributed by atoms with van der Waals surface area (Å²) in [6, 6.07) is 0.661. The first-order valence-electron chi connectivity index (χ1n) is 4.94. The number of hydrogen-bond acceptors (Lipinski definition) is 2. The molecule has 2 saturated carbocycles. The second-order valence-corrected chi connectivity index (χ2v) is 4.69. The Morgan fingerprint density at radius 1 is 1.54 bits per heavy atom. The molecule has 0 bridgehead atoms. The zero-order valence-corrected chi connectivity index (χ0v) is 8.47. The second kappa shape index (κ2) is 2.44. The number of nitrogens with one attached hydrogen (secondary N) is 1. The van der Waals surface area contributed by atoms with E-state index in [1.165, 1.54) is 25.1 Å². The summed E-state index contributed by atoms with van der Waals surface area (Å²) >= 11 is 5.22. The van der Waals surface area contributed by atoms with E-state index in [4.69, 9.17) is 12.2 Å². The predicted molar refractivity (Wildman–Crippen MR) is 52.2 cm³/mol. The highest BCUT2D eigenvalue weighted by molar-refractivity contribution is 7.71. The van der Waals surface area contributed by atoms with Crippen molar-refractivity contribution in [1.29, 1.82) is 0 Å². The third-order valence-corrected chi connectivity index (χ3v) is 3.37. The molecule has 1 heterocycles. The average molecular weight is 195 g/mol. The summed E-state index contributed by atoms with van der Waals surface area (Å²) in [7, 11) is 0. The molecule has 0 aliphatic heterocycles. The predicted octanol–water partition coefficient (Wildman–Crippen LogP) is 2.40. The number of aromatic amines is 1. The van der Waals surface area contributed by atoms with Crippen LogP contribution in [-0.4, -0.2) is 14.8 Å². The molecule has 0 spiro atoms. The molecule has 13 heavy (non-hydrogen) atoms. The maximum absolute atomic E-state index is 5.22. The topological polar surface area (TPSA) is 33.6 Å². The lowest BCUT2D eigenvalue weighted by Gasteiger charge is -2.02. The minimum Gasteiger partial charge on any atom is -0.301 e. The van der Waals surface area contributed by atoms with Crippen LogP contribution in [0, 0.1) is 10.7 Å². The fraction of sp³-hybridized carbons (Fsp3) is 0.778. The van der Waals surface area contributed by atoms with E-state index in [1.54, 1.807) is 0 Å². The van der Waals surface area contributed by atoms with Crippen molar-refractivity contribution in [3.63, 3.8) is 0 Å². The first-order chi connectivity index (χ1) is 6.27. The molecule has 3 rings (SSSR count). The van der Waals surface area contributed by atoms with Crippen molar-refractivity contribution in [1.82, 2.24) is 14.8 Å². The molecule has 70 valence electrons. The molecule has 2 fully saturated rings. The van der Waals surface area contributed by atoms with Gasteiger partial charge in [0.1, 0.15) is 5.82 Å². The molecule has 0 amide bonds. The van der Waals surface area contributed by atoms with Crippen LogP contribution in [-0.2, 0) is 0 Å². The van der Waals surface area contributed by atoms with E-state index in [1.807, 2.05) is 0 Å². The molecule has 1 aromatic rings. The van der Waals surface area contributed by atoms with Gasteiger partial charge in [-0.25, -0.2) is 0 Å². The zero-order chi connectivity index (χ0) is 9.00. The van der Waals surface area contributed by atoms with Crippen molar-refractivity contribution in [2.24, 2.45) is 5.92 Å². The van der Waals surface area contributed by atoms with E-state index >= 15 is 0 Å². The standard InChI is InChI=1S/C9H13N3S/c1-5-4-7(5)8-10-11-9(13)12(8)6-2-3-6/h5-7H,2-4H2,1H3,(H,11,13). The lowest BCUT2D eigenvalue weighted by molar-refractivity contribution is 0.663. The van der Waals surface area contributed by atoms with Crippen LogP contribution >= 0.6 is 12.2 Å². The summed E-state index contributed by atoms with van der Waals surface area (Å²) in [4.78, 5) is 0. The summed E-state index contributed by atoms with van der Waals surface area (Å²) in [6.45, 7) is 2.28. The van der Waals surface area contributed by atoms with Crippen molar-refractivity contribution in [2.45, 2.75) is 38.1 Å². The van der Waals surface area contributed by atoms with Gasteiger partial charge in [0.15, 0.2) is 4.77 Å². The molecule has 2 aliphatic carbocycles. The van der Waals surface area contributed by atoms with Crippen LogP contribution in [0.5, 0.6) is 0 Å². The van der Waals surface area contributed by atoms with Crippen molar-refractivity contribution in [2.75, 3.05) is 0 Å². The van der Waals surface area contributed by atoms with Crippen LogP contribution in [0.15, 0.2) is 0 Å². The molecule has 2 aliphatic rings. The Bertz CT molecular complexity index is 388. The second-order valence-electron chi connectivity index (χ2n) is 4.31. The third kappa shape index (κ3) is 1.15. The molecule has 2 atom stereocenters. The van der Waals surface area contributed by atoms with Gasteiger partial charge in [-0.05, 0) is 37.4 Å². The third-order valence-electron chi connectivity index (χ3n) is 3.08. The quantitative estimate of drug-likeness (QED) is 0.735. The van der Waals surface area contributed by atoms with Gasteiger partial charge in [-0.2, -0.15) is 5.10 Å². The molecule has 0 aromatic carbocycles. The van der Waals surface area contributed by atoms with Gasteiger partial charge in [0.05, 0.1) is 0 Å². The summed E-state index contributed by atoms with van der Waals surface area (Å²) < 4.78 is 3.06. The Morgan fingerprint density at radius 3 is 2.77 bits per heavy atom. The van der Waals surface area contributed by atoms with E-state index in [2.05, 4.69) is 21.7 Å². The molecule has 1 N–H and O–H groups in total. The smallest absolute Gasteiger partial charge is 0.195 e. The van der Waals surface area contributed by atoms with Crippen molar-refractivity contribution in [3.8, 4) is 0 Å². The molecular weight excluding hydrogens is 182 g/mol. The van der Waals surface area contributed by atoms with E-state index < -0.39 is 0 Å². The summed E-state index contributed by atoms with van der Waals surface area (Å²) in [5.41, 5.74) is 0. The SMILES string of the molecule is CC1CC1c1n[nH]c(=S)n1C1CC1. The highest BCUT2D eigenvalue weighted by Crippen LogP contribution is 2.48. The van der Waals surface area contributed by atoms with E-state index in [0.717, 1.165) is 10.7 Å². The Morgan fingerprint density at radius 2 is 2.23 bits per heavy atom. The molecular formula is C9H13N3S. The molecule has 4 heteroatoms. The van der Waals surface area contributed by atoms with E-state index in [0.29, 0.717) is 12.0 Å². The maximum Gasteiger partial charge on any atom is 0.195 e. The molecule has 1 aromatic heterocycles. The summed E-state index contributed by atoms with van der Waals surface area (Å²) in [5.74, 6) is 2.69. The molecule has 0 saturated heterocycles. The monoisotopic (exact) mass is 195 g/mol. The van der Waals surface area contributed by atoms with Crippen LogP contribution < -0.4 is 0 Å². The van der Waals surface area contributed by atoms with Crippen LogP contribution in [0.2, 0.25) is 0 Å². The first-order valence-corrected chi connectivity index (χ1v) is 5.35. The van der Waals surface area contributed by atoms with Gasteiger partial charge in [-0.15, -0.1) is 0 Å². The van der Waals surface area contributed by atoms with Gasteiger partial charge in [0.25, 0.3) is 0 Å². The largest absolute Gasteiger partial charge is 0.301 e. The number of rotatable bonds is 2. The molecule has 0 radical (unpaired) electrons. The van der Waals surface area contributed by atoms with Gasteiger partial charge in [-0.3, -0.25) is 5.10 Å². The summed E-state index contributed by atoms with van der Waals surface area (Å²) in [6.07, 6.45) is 3.84. The molecule has 2 unspecified atom stereocenters. The Balaban J connectivity index is 2.03. The van der Waals surface area contributed by atoms with Crippen LogP contribution in [0.3, 0.4) is 0 Å². The Labute approximate surface area is 82.2 Å². The summed E-state index contributed by atoms with van der Waals surface area (Å²) in [5, 5.41) is 7.25. The minimum atomic E-state index is 0.661. The maximum atomic E-state index is 5.22. The number of aromatic nitrogens is 3. The zero-order valence-electron chi connectivity index (χ0n) is 7.66. The number of H-pyrrole nitrogens is 1. The van der Waals surface area contributed by atoms with Crippen molar-refractivity contribution < 1.29 is 0 Å². The van der Waals surface area contributed by atoms with Gasteiger partial charge in [0.2, 0.25) is 0 Å². The fourth-order valence-corrected chi connectivity index (χ4v) is 2.23. The minimum absolute atomic E-state index is 0.661. The lowest BCUT2D eigenvalue weighted by Crippen LogP contribution is -2.00. The number of nitrogens with zero attached hydrogens (tertiary/aromatic N) is 2. The van der Waals surface area contributed by atoms with Gasteiger partial charge < -0.3 is 4.57 Å². The van der Waals surface area contributed by atoms with Gasteiger partial charge in [-0.1, -0.05) is 6.92 Å². The van der Waals surface area contributed by atoms with E-state index in [-0.39, 0.29) is 0 Å². The lowest BCUT2D eigenvalue weighted by atomic mass is 10.3. The normalized spacial score (nSPS) is 32.1. The van der Waals surface area contributed by atoms with Crippen molar-refractivity contribution in [3.05, 3.63) is 10.6 Å². The highest BCUT2D eigenvalue weighted by Gasteiger charge is 2.40. The highest BCUT2D eigenvalue weighted by atomic mass is 32.1. The fourth-order valence-electron chi connectivity index (χ4n) is 1.95. The van der Waals surface area contributed by atoms with Gasteiger partial charge in [0, 0.05) is 12.0 Å². The first kappa shape index (κ1) is 7.74. The van der Waals surface area contributed by atoms with Crippen LogP contribution in [0.1, 0.15) is 44.0 Å². The Hall–Kier alpha value is -0.640. The number of hydrogen-bond donors (Lipinski definition) is 1. The Kier molecular flexibility index (Phi) is 1.45. The van der Waals surface area contributed by atoms with E-state index in [9.17, 15) is 0 Å². The van der Waals surface area contributed by atoms with Crippen LogP contribution in [0.25, 0.3) is 0 Å². The van der Waals surface area contributed by atoms with Crippen LogP contribution in [0.4, 0.5) is 0 Å². The molecule has 3 nitrogen and oxygen atoms in total. The van der Waals surface area contributed by atoms with Crippen molar-refractivity contribution >= 4 is 12.2 Å².